The van der Waals surface area contributed by atoms with Crippen molar-refractivity contribution in [2.75, 3.05) is 0 Å². The molecule has 23 heavy (non-hydrogen) atoms. The number of aromatic amines is 1. The van der Waals surface area contributed by atoms with Crippen molar-refractivity contribution in [3.63, 3.8) is 0 Å². The molecule has 0 spiro atoms. The third-order valence-electron chi connectivity index (χ3n) is 3.96. The van der Waals surface area contributed by atoms with Crippen LogP contribution in [-0.4, -0.2) is 16.3 Å². The molecule has 0 saturated heterocycles. The van der Waals surface area contributed by atoms with Gasteiger partial charge in [-0.1, -0.05) is 42.5 Å². The fraction of sp³-hybridized carbons (Fsp3) is 0. The van der Waals surface area contributed by atoms with Crippen molar-refractivity contribution in [1.82, 2.24) is 9.97 Å². The lowest BCUT2D eigenvalue weighted by Gasteiger charge is -2.04. The third kappa shape index (κ3) is 2.53. The predicted octanol–water partition coefficient (Wildman–Crippen LogP) is 4.71. The maximum atomic E-state index is 10.8. The van der Waals surface area contributed by atoms with Crippen molar-refractivity contribution >= 4 is 17.2 Å². The number of carbonyl (C=O) groups is 1. The number of hydrogen-bond donors (Lipinski definition) is 1. The number of rotatable bonds is 3. The van der Waals surface area contributed by atoms with Crippen LogP contribution in [-0.2, 0) is 0 Å². The molecule has 4 rings (SSSR count). The largest absolute Gasteiger partial charge is 0.354 e. The lowest BCUT2D eigenvalue weighted by atomic mass is 10.0. The van der Waals surface area contributed by atoms with Crippen molar-refractivity contribution in [3.8, 4) is 22.4 Å². The van der Waals surface area contributed by atoms with E-state index in [1.54, 1.807) is 0 Å². The van der Waals surface area contributed by atoms with Crippen LogP contribution < -0.4 is 0 Å². The van der Waals surface area contributed by atoms with E-state index in [0.717, 1.165) is 34.2 Å². The van der Waals surface area contributed by atoms with Crippen LogP contribution in [0.5, 0.6) is 0 Å². The van der Waals surface area contributed by atoms with Gasteiger partial charge >= 0.3 is 0 Å². The Hall–Kier alpha value is -3.20. The van der Waals surface area contributed by atoms with Crippen molar-refractivity contribution in [3.05, 3.63) is 78.6 Å². The average molecular weight is 298 g/mol. The Kier molecular flexibility index (Phi) is 3.24. The van der Waals surface area contributed by atoms with Crippen LogP contribution in [0, 0.1) is 0 Å². The van der Waals surface area contributed by atoms with E-state index in [0.29, 0.717) is 5.56 Å². The number of para-hydroxylation sites is 1. The quantitative estimate of drug-likeness (QED) is 0.557. The normalized spacial score (nSPS) is 10.8. The van der Waals surface area contributed by atoms with Gasteiger partial charge in [-0.25, -0.2) is 0 Å². The number of hydrogen-bond acceptors (Lipinski definition) is 2. The van der Waals surface area contributed by atoms with Gasteiger partial charge in [0.1, 0.15) is 6.29 Å². The molecule has 2 heterocycles. The molecule has 2 aromatic carbocycles. The molecule has 0 saturated carbocycles. The fourth-order valence-electron chi connectivity index (χ4n) is 2.73. The van der Waals surface area contributed by atoms with Gasteiger partial charge in [-0.15, -0.1) is 0 Å². The minimum absolute atomic E-state index is 0.675. The first-order chi connectivity index (χ1) is 11.3. The number of aldehydes is 1. The maximum Gasteiger partial charge on any atom is 0.150 e. The Morgan fingerprint density at radius 1 is 0.826 bits per heavy atom. The molecule has 0 unspecified atom stereocenters. The Balaban J connectivity index is 1.76. The van der Waals surface area contributed by atoms with Crippen LogP contribution in [0.4, 0.5) is 0 Å². The topological polar surface area (TPSA) is 45.8 Å². The SMILES string of the molecule is O=Cc1ccc(-c2cncc(-c3cc4ccccc4[nH]3)c2)cc1. The molecule has 3 heteroatoms. The Morgan fingerprint density at radius 3 is 2.39 bits per heavy atom. The Labute approximate surface area is 133 Å². The summed E-state index contributed by atoms with van der Waals surface area (Å²) in [6, 6.07) is 20.0. The first-order valence-corrected chi connectivity index (χ1v) is 7.42. The summed E-state index contributed by atoms with van der Waals surface area (Å²) in [7, 11) is 0. The summed E-state index contributed by atoms with van der Waals surface area (Å²) in [5, 5.41) is 1.18. The molecular formula is C20H14N2O. The number of nitrogens with zero attached hydrogens (tertiary/aromatic N) is 1. The van der Waals surface area contributed by atoms with Crippen molar-refractivity contribution in [1.29, 1.82) is 0 Å². The van der Waals surface area contributed by atoms with E-state index in [9.17, 15) is 4.79 Å². The number of benzene rings is 2. The van der Waals surface area contributed by atoms with Crippen LogP contribution in [0.2, 0.25) is 0 Å². The number of pyridine rings is 1. The molecule has 2 aromatic heterocycles. The van der Waals surface area contributed by atoms with Crippen LogP contribution in [0.25, 0.3) is 33.3 Å². The van der Waals surface area contributed by atoms with Gasteiger partial charge in [0.15, 0.2) is 0 Å². The lowest BCUT2D eigenvalue weighted by Crippen LogP contribution is -1.85. The molecule has 0 aliphatic heterocycles. The highest BCUT2D eigenvalue weighted by Gasteiger charge is 2.06. The van der Waals surface area contributed by atoms with Gasteiger partial charge in [-0.2, -0.15) is 0 Å². The highest BCUT2D eigenvalue weighted by Crippen LogP contribution is 2.27. The number of fused-ring (bicyclic) bond motifs is 1. The van der Waals surface area contributed by atoms with E-state index in [2.05, 4.69) is 34.2 Å². The van der Waals surface area contributed by atoms with Gasteiger partial charge in [0.2, 0.25) is 0 Å². The first kappa shape index (κ1) is 13.5. The second-order valence-corrected chi connectivity index (χ2v) is 5.47. The second kappa shape index (κ2) is 5.54. The standard InChI is InChI=1S/C20H14N2O/c23-13-14-5-7-15(8-6-14)17-9-18(12-21-11-17)20-10-16-3-1-2-4-19(16)22-20/h1-13,22H. The molecular weight excluding hydrogens is 284 g/mol. The summed E-state index contributed by atoms with van der Waals surface area (Å²) in [5.41, 5.74) is 5.94. The first-order valence-electron chi connectivity index (χ1n) is 7.42. The average Bonchev–Trinajstić information content (AvgIpc) is 3.06. The Morgan fingerprint density at radius 2 is 1.61 bits per heavy atom. The van der Waals surface area contributed by atoms with Crippen molar-refractivity contribution in [2.45, 2.75) is 0 Å². The highest BCUT2D eigenvalue weighted by molar-refractivity contribution is 5.86. The number of H-pyrrole nitrogens is 1. The molecule has 0 fully saturated rings. The summed E-state index contributed by atoms with van der Waals surface area (Å²) in [4.78, 5) is 18.5. The van der Waals surface area contributed by atoms with E-state index in [1.807, 2.05) is 48.8 Å². The van der Waals surface area contributed by atoms with E-state index in [4.69, 9.17) is 0 Å². The number of nitrogens with one attached hydrogen (secondary N) is 1. The molecule has 0 aliphatic carbocycles. The minimum Gasteiger partial charge on any atom is -0.354 e. The predicted molar refractivity (Wildman–Crippen MR) is 92.4 cm³/mol. The van der Waals surface area contributed by atoms with Gasteiger partial charge in [0, 0.05) is 45.7 Å². The van der Waals surface area contributed by atoms with Crippen LogP contribution in [0.15, 0.2) is 73.1 Å². The van der Waals surface area contributed by atoms with E-state index >= 15 is 0 Å². The fourth-order valence-corrected chi connectivity index (χ4v) is 2.73. The molecule has 3 nitrogen and oxygen atoms in total. The molecule has 0 aliphatic rings. The molecule has 0 atom stereocenters. The van der Waals surface area contributed by atoms with Gasteiger partial charge in [0.25, 0.3) is 0 Å². The lowest BCUT2D eigenvalue weighted by molar-refractivity contribution is 0.112. The Bertz CT molecular complexity index is 951. The zero-order valence-electron chi connectivity index (χ0n) is 12.4. The van der Waals surface area contributed by atoms with Crippen LogP contribution in [0.1, 0.15) is 10.4 Å². The van der Waals surface area contributed by atoms with Gasteiger partial charge in [-0.3, -0.25) is 9.78 Å². The third-order valence-corrected chi connectivity index (χ3v) is 3.96. The van der Waals surface area contributed by atoms with Crippen LogP contribution >= 0.6 is 0 Å². The van der Waals surface area contributed by atoms with Crippen molar-refractivity contribution in [2.24, 2.45) is 0 Å². The van der Waals surface area contributed by atoms with E-state index in [1.165, 1.54) is 5.39 Å². The van der Waals surface area contributed by atoms with Gasteiger partial charge in [0.05, 0.1) is 0 Å². The number of carbonyl (C=O) groups excluding carboxylic acids is 1. The molecule has 4 aromatic rings. The molecule has 110 valence electrons. The number of aromatic nitrogens is 2. The maximum absolute atomic E-state index is 10.8. The smallest absolute Gasteiger partial charge is 0.150 e. The second-order valence-electron chi connectivity index (χ2n) is 5.47. The summed E-state index contributed by atoms with van der Waals surface area (Å²) in [5.74, 6) is 0. The molecule has 0 amide bonds. The molecule has 0 radical (unpaired) electrons. The van der Waals surface area contributed by atoms with E-state index < -0.39 is 0 Å². The minimum atomic E-state index is 0.675. The van der Waals surface area contributed by atoms with E-state index in [-0.39, 0.29) is 0 Å². The zero-order chi connectivity index (χ0) is 15.6. The summed E-state index contributed by atoms with van der Waals surface area (Å²) in [6.45, 7) is 0. The van der Waals surface area contributed by atoms with Gasteiger partial charge in [-0.05, 0) is 23.8 Å². The molecule has 0 bridgehead atoms. The summed E-state index contributed by atoms with van der Waals surface area (Å²) >= 11 is 0. The highest BCUT2D eigenvalue weighted by atomic mass is 16.1. The van der Waals surface area contributed by atoms with Crippen molar-refractivity contribution < 1.29 is 4.79 Å². The van der Waals surface area contributed by atoms with Gasteiger partial charge < -0.3 is 4.98 Å². The monoisotopic (exact) mass is 298 g/mol. The summed E-state index contributed by atoms with van der Waals surface area (Å²) in [6.07, 6.45) is 4.54. The molecule has 1 N–H and O–H groups in total. The zero-order valence-corrected chi connectivity index (χ0v) is 12.4. The van der Waals surface area contributed by atoms with Crippen LogP contribution in [0.3, 0.4) is 0 Å². The summed E-state index contributed by atoms with van der Waals surface area (Å²) < 4.78 is 0.